The van der Waals surface area contributed by atoms with Crippen LogP contribution in [0.5, 0.6) is 5.75 Å². The Morgan fingerprint density at radius 1 is 0.971 bits per heavy atom. The van der Waals surface area contributed by atoms with Gasteiger partial charge < -0.3 is 19.3 Å². The summed E-state index contributed by atoms with van der Waals surface area (Å²) in [5.41, 5.74) is 1.56. The van der Waals surface area contributed by atoms with Crippen LogP contribution in [-0.4, -0.2) is 55.1 Å². The molecule has 34 heavy (non-hydrogen) atoms. The summed E-state index contributed by atoms with van der Waals surface area (Å²) in [5, 5.41) is 13.0. The minimum Gasteiger partial charge on any atom is -0.744 e. The van der Waals surface area contributed by atoms with Crippen LogP contribution in [-0.2, 0) is 19.7 Å². The van der Waals surface area contributed by atoms with Gasteiger partial charge in [-0.2, -0.15) is 0 Å². The number of likely N-dealkylation sites (N-methyl/N-ethyl adjacent to an activating group) is 1. The van der Waals surface area contributed by atoms with Gasteiger partial charge in [0.2, 0.25) is 0 Å². The van der Waals surface area contributed by atoms with Gasteiger partial charge in [0, 0.05) is 36.2 Å². The maximum absolute atomic E-state index is 12.5. The number of carboxylic acid groups (broad SMARTS) is 1. The summed E-state index contributed by atoms with van der Waals surface area (Å²) < 4.78 is 41.8. The average molecular weight is 483 g/mol. The summed E-state index contributed by atoms with van der Waals surface area (Å²) in [4.78, 5) is 24.4. The lowest BCUT2D eigenvalue weighted by molar-refractivity contribution is -0.138. The third-order valence-corrected chi connectivity index (χ3v) is 7.04. The van der Waals surface area contributed by atoms with E-state index < -0.39 is 16.1 Å². The molecule has 4 aromatic rings. The number of carbonyl (C=O) groups excluding carboxylic acids is 1. The van der Waals surface area contributed by atoms with E-state index in [0.717, 1.165) is 21.7 Å². The Labute approximate surface area is 196 Å². The lowest BCUT2D eigenvalue weighted by Crippen LogP contribution is -2.32. The van der Waals surface area contributed by atoms with Crippen molar-refractivity contribution < 1.29 is 32.4 Å². The predicted octanol–water partition coefficient (Wildman–Crippen LogP) is 3.81. The van der Waals surface area contributed by atoms with Crippen molar-refractivity contribution in [1.82, 2.24) is 4.90 Å². The number of nitrogens with zero attached hydrogens (tertiary/aromatic N) is 1. The lowest BCUT2D eigenvalue weighted by Gasteiger charge is -2.21. The van der Waals surface area contributed by atoms with E-state index in [-0.39, 0.29) is 23.8 Å². The lowest BCUT2D eigenvalue weighted by atomic mass is 9.90. The van der Waals surface area contributed by atoms with E-state index in [1.807, 2.05) is 25.1 Å². The van der Waals surface area contributed by atoms with Gasteiger partial charge in [-0.05, 0) is 65.8 Å². The van der Waals surface area contributed by atoms with Crippen LogP contribution in [0.1, 0.15) is 24.0 Å². The number of aryl methyl sites for hydroxylation is 2. The molecule has 0 spiro atoms. The number of benzene rings is 4. The molecule has 4 rings (SSSR count). The Morgan fingerprint density at radius 2 is 1.53 bits per heavy atom. The number of amides is 1. The molecule has 0 aliphatic rings. The van der Waals surface area contributed by atoms with Crippen molar-refractivity contribution in [2.24, 2.45) is 0 Å². The van der Waals surface area contributed by atoms with Crippen LogP contribution in [0.4, 0.5) is 0 Å². The van der Waals surface area contributed by atoms with Gasteiger partial charge in [-0.1, -0.05) is 18.2 Å². The van der Waals surface area contributed by atoms with Gasteiger partial charge in [-0.15, -0.1) is 0 Å². The molecule has 0 saturated carbocycles. The largest absolute Gasteiger partial charge is 0.744 e. The van der Waals surface area contributed by atoms with Gasteiger partial charge in [0.15, 0.2) is 6.61 Å². The van der Waals surface area contributed by atoms with Gasteiger partial charge in [0.25, 0.3) is 5.91 Å². The van der Waals surface area contributed by atoms with Crippen LogP contribution in [0, 0.1) is 13.8 Å². The monoisotopic (exact) mass is 482 g/mol. The molecule has 0 atom stereocenters. The highest BCUT2D eigenvalue weighted by Crippen LogP contribution is 2.43. The second-order valence-corrected chi connectivity index (χ2v) is 9.86. The highest BCUT2D eigenvalue weighted by atomic mass is 32.2. The Hall–Kier alpha value is -3.43. The summed E-state index contributed by atoms with van der Waals surface area (Å²) in [7, 11) is -3.09. The second-order valence-electron chi connectivity index (χ2n) is 8.51. The van der Waals surface area contributed by atoms with Gasteiger partial charge in [0.1, 0.15) is 15.9 Å². The van der Waals surface area contributed by atoms with Crippen molar-refractivity contribution in [3.8, 4) is 5.75 Å². The second kappa shape index (κ2) is 8.73. The fourth-order valence-corrected chi connectivity index (χ4v) is 5.20. The molecule has 1 amide bonds. The minimum atomic E-state index is -4.68. The molecule has 0 radical (unpaired) electrons. The molecule has 0 heterocycles. The molecule has 0 aromatic heterocycles. The number of aliphatic carboxylic acids is 1. The van der Waals surface area contributed by atoms with E-state index in [2.05, 4.69) is 0 Å². The summed E-state index contributed by atoms with van der Waals surface area (Å²) in [5.74, 6) is -0.728. The Bertz CT molecular complexity index is 1540. The zero-order chi connectivity index (χ0) is 24.8. The molecule has 0 aliphatic carbocycles. The van der Waals surface area contributed by atoms with E-state index in [1.165, 1.54) is 11.0 Å². The molecule has 0 saturated heterocycles. The van der Waals surface area contributed by atoms with Crippen LogP contribution >= 0.6 is 0 Å². The quantitative estimate of drug-likeness (QED) is 0.299. The molecule has 1 N–H and O–H groups in total. The Balaban J connectivity index is 1.78. The Morgan fingerprint density at radius 3 is 2.15 bits per heavy atom. The van der Waals surface area contributed by atoms with Crippen LogP contribution in [0.2, 0.25) is 0 Å². The first-order chi connectivity index (χ1) is 16.0. The number of ether oxygens (including phenoxy) is 1. The van der Waals surface area contributed by atoms with E-state index >= 15 is 0 Å². The SMILES string of the molecule is Cc1cc(OCC(=O)N(C)CCCC(=O)O)c2ccc3c(S(=O)(=O)[O-])cc(C)c4ccc1c2c43. The van der Waals surface area contributed by atoms with Crippen molar-refractivity contribution in [1.29, 1.82) is 0 Å². The standard InChI is InChI=1S/C25H25NO7S/c1-14-11-20(33-13-22(27)26(3)10-4-5-23(28)29)18-8-9-19-21(34(30,31)32)12-15(2)17-7-6-16(14)24(18)25(17)19/h6-9,11-12H,4-5,10,13H2,1-3H3,(H,28,29)(H,30,31,32)/p-1. The summed E-state index contributed by atoms with van der Waals surface area (Å²) >= 11 is 0. The van der Waals surface area contributed by atoms with Gasteiger partial charge in [0.05, 0.1) is 4.90 Å². The molecule has 0 unspecified atom stereocenters. The van der Waals surface area contributed by atoms with Crippen molar-refractivity contribution in [2.45, 2.75) is 31.6 Å². The maximum Gasteiger partial charge on any atom is 0.303 e. The normalized spacial score (nSPS) is 12.0. The molecular weight excluding hydrogens is 458 g/mol. The number of carbonyl (C=O) groups is 2. The van der Waals surface area contributed by atoms with Gasteiger partial charge >= 0.3 is 5.97 Å². The third kappa shape index (κ3) is 4.24. The minimum absolute atomic E-state index is 0.0207. The van der Waals surface area contributed by atoms with Crippen molar-refractivity contribution >= 4 is 54.3 Å². The highest BCUT2D eigenvalue weighted by molar-refractivity contribution is 7.86. The molecule has 0 bridgehead atoms. The van der Waals surface area contributed by atoms with Crippen LogP contribution < -0.4 is 4.74 Å². The first kappa shape index (κ1) is 23.7. The zero-order valence-corrected chi connectivity index (χ0v) is 19.9. The molecule has 178 valence electrons. The molecule has 0 aliphatic heterocycles. The van der Waals surface area contributed by atoms with Crippen molar-refractivity contribution in [3.05, 3.63) is 47.5 Å². The molecule has 8 nitrogen and oxygen atoms in total. The first-order valence-electron chi connectivity index (χ1n) is 10.7. The fourth-order valence-electron chi connectivity index (χ4n) is 4.44. The average Bonchev–Trinajstić information content (AvgIpc) is 2.76. The van der Waals surface area contributed by atoms with E-state index in [4.69, 9.17) is 9.84 Å². The van der Waals surface area contributed by atoms with Crippen molar-refractivity contribution in [3.63, 3.8) is 0 Å². The maximum atomic E-state index is 12.5. The topological polar surface area (TPSA) is 124 Å². The third-order valence-electron chi connectivity index (χ3n) is 6.17. The molecule has 0 fully saturated rings. The fraction of sp³-hybridized carbons (Fsp3) is 0.280. The van der Waals surface area contributed by atoms with E-state index in [1.54, 1.807) is 26.1 Å². The van der Waals surface area contributed by atoms with Crippen LogP contribution in [0.15, 0.2) is 41.3 Å². The number of hydrogen-bond acceptors (Lipinski definition) is 6. The van der Waals surface area contributed by atoms with E-state index in [0.29, 0.717) is 40.4 Å². The predicted molar refractivity (Wildman–Crippen MR) is 128 cm³/mol. The first-order valence-corrected chi connectivity index (χ1v) is 12.2. The molecule has 4 aromatic carbocycles. The number of carboxylic acids is 1. The summed E-state index contributed by atoms with van der Waals surface area (Å²) in [6, 6.07) is 10.4. The summed E-state index contributed by atoms with van der Waals surface area (Å²) in [6.45, 7) is 3.74. The smallest absolute Gasteiger partial charge is 0.303 e. The Kier molecular flexibility index (Phi) is 6.09. The summed E-state index contributed by atoms with van der Waals surface area (Å²) in [6.07, 6.45) is 0.326. The number of rotatable bonds is 8. The van der Waals surface area contributed by atoms with E-state index in [9.17, 15) is 22.6 Å². The molecular formula is C25H24NO7S-. The number of hydrogen-bond donors (Lipinski definition) is 1. The highest BCUT2D eigenvalue weighted by Gasteiger charge is 2.19. The van der Waals surface area contributed by atoms with Gasteiger partial charge in [-0.3, -0.25) is 9.59 Å². The van der Waals surface area contributed by atoms with Crippen molar-refractivity contribution in [2.75, 3.05) is 20.2 Å². The zero-order valence-electron chi connectivity index (χ0n) is 19.0. The van der Waals surface area contributed by atoms with Crippen LogP contribution in [0.3, 0.4) is 0 Å². The molecule has 9 heteroatoms. The van der Waals surface area contributed by atoms with Crippen LogP contribution in [0.25, 0.3) is 32.3 Å². The van der Waals surface area contributed by atoms with Gasteiger partial charge in [-0.25, -0.2) is 8.42 Å².